The maximum atomic E-state index is 14.9. The second-order valence-corrected chi connectivity index (χ2v) is 7.48. The number of aromatic nitrogens is 5. The fourth-order valence-corrected chi connectivity index (χ4v) is 3.60. The van der Waals surface area contributed by atoms with Gasteiger partial charge in [-0.15, -0.1) is 0 Å². The van der Waals surface area contributed by atoms with Gasteiger partial charge < -0.3 is 10.4 Å². The van der Waals surface area contributed by atoms with Crippen LogP contribution in [0.25, 0.3) is 16.8 Å². The van der Waals surface area contributed by atoms with E-state index in [-0.39, 0.29) is 29.8 Å². The summed E-state index contributed by atoms with van der Waals surface area (Å²) in [5, 5.41) is 26.5. The Bertz CT molecular complexity index is 1170. The average molecular weight is 458 g/mol. The molecule has 2 heterocycles. The van der Waals surface area contributed by atoms with E-state index in [1.807, 2.05) is 0 Å². The maximum absolute atomic E-state index is 14.9. The molecule has 0 spiro atoms. The first-order valence-corrected chi connectivity index (χ1v) is 10.3. The highest BCUT2D eigenvalue weighted by atomic mass is 19.1. The number of carbonyl (C=O) groups excluding carboxylic acids is 1. The van der Waals surface area contributed by atoms with Gasteiger partial charge in [0.2, 0.25) is 5.91 Å². The molecular weight excluding hydrogens is 437 g/mol. The third-order valence-electron chi connectivity index (χ3n) is 5.27. The molecule has 11 heteroatoms. The van der Waals surface area contributed by atoms with Crippen LogP contribution in [0.1, 0.15) is 18.5 Å². The number of halogens is 3. The zero-order valence-electron chi connectivity index (χ0n) is 17.4. The number of aliphatic hydroxyl groups excluding tert-OH is 1. The summed E-state index contributed by atoms with van der Waals surface area (Å²) in [6.07, 6.45) is 2.92. The Balaban J connectivity index is 1.63. The fourth-order valence-electron chi connectivity index (χ4n) is 3.60. The van der Waals surface area contributed by atoms with E-state index in [0.717, 1.165) is 0 Å². The van der Waals surface area contributed by atoms with Gasteiger partial charge in [0.05, 0.1) is 43.0 Å². The molecule has 1 amide bonds. The first-order chi connectivity index (χ1) is 16.0. The number of rotatable bonds is 8. The van der Waals surface area contributed by atoms with Crippen LogP contribution in [0, 0.1) is 5.82 Å². The lowest BCUT2D eigenvalue weighted by molar-refractivity contribution is -0.119. The molecule has 2 atom stereocenters. The number of aliphatic hydroxyl groups is 1. The van der Waals surface area contributed by atoms with Crippen LogP contribution in [0.5, 0.6) is 0 Å². The number of carbonyl (C=O) groups is 1. The molecule has 4 rings (SSSR count). The summed E-state index contributed by atoms with van der Waals surface area (Å²) < 4.78 is 42.4. The largest absolute Gasteiger partial charge is 0.393 e. The molecule has 172 valence electrons. The number of alkyl halides is 1. The Morgan fingerprint density at radius 3 is 2.64 bits per heavy atom. The van der Waals surface area contributed by atoms with Crippen molar-refractivity contribution in [2.24, 2.45) is 0 Å². The van der Waals surface area contributed by atoms with Gasteiger partial charge in [-0.1, -0.05) is 0 Å². The summed E-state index contributed by atoms with van der Waals surface area (Å²) in [6.45, 7) is -0.922. The molecule has 2 aromatic heterocycles. The van der Waals surface area contributed by atoms with E-state index in [4.69, 9.17) is 0 Å². The SMILES string of the molecule is O=C(N[C@H](Cn1nccn1)[C@H](F)CO)C1=C(c2cc(-c3ccc(F)cc3)n[nH]2)C(F)=CCC1. The predicted molar refractivity (Wildman–Crippen MR) is 113 cm³/mol. The number of allylic oxidation sites excluding steroid dienone is 3. The van der Waals surface area contributed by atoms with Crippen LogP contribution < -0.4 is 5.32 Å². The standard InChI is InChI=1S/C22H21F3N6O2/c23-14-6-4-13(5-7-14)18-10-19(30-29-18)21-15(2-1-3-16(21)24)22(33)28-20(17(25)12-32)11-31-26-8-9-27-31/h3-10,17,20,32H,1-2,11-12H2,(H,28,33)(H,29,30)/t17-,20-/m1/s1. The van der Waals surface area contributed by atoms with Gasteiger partial charge in [-0.05, 0) is 49.2 Å². The van der Waals surface area contributed by atoms with Crippen LogP contribution in [0.2, 0.25) is 0 Å². The van der Waals surface area contributed by atoms with Crippen molar-refractivity contribution in [1.82, 2.24) is 30.5 Å². The summed E-state index contributed by atoms with van der Waals surface area (Å²) in [7, 11) is 0. The van der Waals surface area contributed by atoms with Crippen molar-refractivity contribution >= 4 is 11.5 Å². The lowest BCUT2D eigenvalue weighted by atomic mass is 9.93. The second-order valence-electron chi connectivity index (χ2n) is 7.48. The van der Waals surface area contributed by atoms with Crippen LogP contribution in [-0.2, 0) is 11.3 Å². The molecule has 0 saturated heterocycles. The van der Waals surface area contributed by atoms with Gasteiger partial charge in [0, 0.05) is 16.7 Å². The van der Waals surface area contributed by atoms with E-state index >= 15 is 0 Å². The van der Waals surface area contributed by atoms with Crippen molar-refractivity contribution < 1.29 is 23.1 Å². The Kier molecular flexibility index (Phi) is 6.68. The van der Waals surface area contributed by atoms with E-state index < -0.39 is 36.4 Å². The topological polar surface area (TPSA) is 109 Å². The molecule has 3 N–H and O–H groups in total. The number of benzene rings is 1. The number of hydrogen-bond acceptors (Lipinski definition) is 5. The smallest absolute Gasteiger partial charge is 0.248 e. The molecule has 1 aliphatic carbocycles. The number of nitrogens with zero attached hydrogens (tertiary/aromatic N) is 4. The van der Waals surface area contributed by atoms with Crippen LogP contribution in [0.15, 0.2) is 60.2 Å². The van der Waals surface area contributed by atoms with E-state index in [1.165, 1.54) is 47.5 Å². The first kappa shape index (κ1) is 22.5. The van der Waals surface area contributed by atoms with Crippen molar-refractivity contribution in [2.45, 2.75) is 31.6 Å². The second kappa shape index (κ2) is 9.82. The Labute approximate surface area is 186 Å². The number of hydrogen-bond donors (Lipinski definition) is 3. The highest BCUT2D eigenvalue weighted by molar-refractivity contribution is 6.04. The number of amides is 1. The zero-order chi connectivity index (χ0) is 23.4. The molecule has 0 radical (unpaired) electrons. The van der Waals surface area contributed by atoms with Crippen molar-refractivity contribution in [2.75, 3.05) is 6.61 Å². The quantitative estimate of drug-likeness (QED) is 0.481. The molecule has 0 fully saturated rings. The molecule has 0 bridgehead atoms. The molecule has 0 unspecified atom stereocenters. The minimum absolute atomic E-state index is 0.0231. The highest BCUT2D eigenvalue weighted by Crippen LogP contribution is 2.35. The zero-order valence-corrected chi connectivity index (χ0v) is 17.4. The van der Waals surface area contributed by atoms with Crippen LogP contribution in [-0.4, -0.2) is 55.0 Å². The molecule has 8 nitrogen and oxygen atoms in total. The van der Waals surface area contributed by atoms with E-state index in [2.05, 4.69) is 25.7 Å². The Morgan fingerprint density at radius 1 is 1.21 bits per heavy atom. The average Bonchev–Trinajstić information content (AvgIpc) is 3.51. The van der Waals surface area contributed by atoms with E-state index in [9.17, 15) is 23.1 Å². The summed E-state index contributed by atoms with van der Waals surface area (Å²) in [5.41, 5.74) is 1.46. The van der Waals surface area contributed by atoms with Crippen LogP contribution in [0.4, 0.5) is 13.2 Å². The Morgan fingerprint density at radius 2 is 1.94 bits per heavy atom. The first-order valence-electron chi connectivity index (χ1n) is 10.3. The van der Waals surface area contributed by atoms with Gasteiger partial charge >= 0.3 is 0 Å². The lowest BCUT2D eigenvalue weighted by Gasteiger charge is -2.23. The third-order valence-corrected chi connectivity index (χ3v) is 5.27. The lowest BCUT2D eigenvalue weighted by Crippen LogP contribution is -2.46. The van der Waals surface area contributed by atoms with E-state index in [0.29, 0.717) is 17.7 Å². The van der Waals surface area contributed by atoms with Crippen LogP contribution in [0.3, 0.4) is 0 Å². The number of nitrogens with one attached hydrogen (secondary N) is 2. The van der Waals surface area contributed by atoms with Crippen molar-refractivity contribution in [3.05, 3.63) is 71.7 Å². The maximum Gasteiger partial charge on any atom is 0.248 e. The summed E-state index contributed by atoms with van der Waals surface area (Å²) in [5.74, 6) is -1.67. The van der Waals surface area contributed by atoms with Gasteiger partial charge in [0.25, 0.3) is 0 Å². The third kappa shape index (κ3) is 5.03. The fraction of sp³-hybridized carbons (Fsp3) is 0.273. The van der Waals surface area contributed by atoms with Crippen molar-refractivity contribution in [3.8, 4) is 11.3 Å². The molecule has 1 aromatic carbocycles. The number of H-pyrrole nitrogens is 1. The normalized spacial score (nSPS) is 15.8. The summed E-state index contributed by atoms with van der Waals surface area (Å²) in [6, 6.07) is 6.07. The Hall–Kier alpha value is -3.73. The summed E-state index contributed by atoms with van der Waals surface area (Å²) >= 11 is 0. The van der Waals surface area contributed by atoms with E-state index in [1.54, 1.807) is 6.07 Å². The monoisotopic (exact) mass is 458 g/mol. The molecule has 3 aromatic rings. The molecule has 1 aliphatic rings. The minimum atomic E-state index is -1.77. The van der Waals surface area contributed by atoms with Gasteiger partial charge in [0.1, 0.15) is 17.8 Å². The molecule has 0 saturated carbocycles. The van der Waals surface area contributed by atoms with Crippen LogP contribution >= 0.6 is 0 Å². The van der Waals surface area contributed by atoms with Gasteiger partial charge in [-0.3, -0.25) is 9.89 Å². The minimum Gasteiger partial charge on any atom is -0.393 e. The van der Waals surface area contributed by atoms with Crippen molar-refractivity contribution in [3.63, 3.8) is 0 Å². The van der Waals surface area contributed by atoms with Gasteiger partial charge in [0.15, 0.2) is 0 Å². The van der Waals surface area contributed by atoms with Gasteiger partial charge in [-0.2, -0.15) is 20.1 Å². The van der Waals surface area contributed by atoms with Crippen molar-refractivity contribution in [1.29, 1.82) is 0 Å². The summed E-state index contributed by atoms with van der Waals surface area (Å²) in [4.78, 5) is 14.3. The number of aromatic amines is 1. The highest BCUT2D eigenvalue weighted by Gasteiger charge is 2.29. The van der Waals surface area contributed by atoms with Gasteiger partial charge in [-0.25, -0.2) is 13.2 Å². The molecule has 0 aliphatic heterocycles. The molecule has 33 heavy (non-hydrogen) atoms. The molecular formula is C22H21F3N6O2. The predicted octanol–water partition coefficient (Wildman–Crippen LogP) is 2.72.